The Morgan fingerprint density at radius 1 is 1.26 bits per heavy atom. The van der Waals surface area contributed by atoms with E-state index >= 15 is 0 Å². The molecule has 0 aliphatic rings. The van der Waals surface area contributed by atoms with Crippen molar-refractivity contribution in [2.24, 2.45) is 0 Å². The van der Waals surface area contributed by atoms with Crippen molar-refractivity contribution >= 4 is 28.9 Å². The van der Waals surface area contributed by atoms with Gasteiger partial charge in [-0.3, -0.25) is 14.9 Å². The Hall–Kier alpha value is -2.67. The van der Waals surface area contributed by atoms with Crippen LogP contribution < -0.4 is 10.1 Å². The van der Waals surface area contributed by atoms with E-state index in [0.29, 0.717) is 5.75 Å². The monoisotopic (exact) mass is 338 g/mol. The maximum atomic E-state index is 13.5. The molecule has 2 aromatic carbocycles. The molecule has 0 aliphatic carbocycles. The summed E-state index contributed by atoms with van der Waals surface area (Å²) in [6, 6.07) is 9.42. The average Bonchev–Trinajstić information content (AvgIpc) is 2.50. The number of anilines is 1. The van der Waals surface area contributed by atoms with Crippen molar-refractivity contribution in [3.05, 3.63) is 63.4 Å². The molecule has 0 aliphatic heterocycles. The molecule has 120 valence electrons. The Labute approximate surface area is 136 Å². The number of rotatable bonds is 6. The summed E-state index contributed by atoms with van der Waals surface area (Å²) in [5.41, 5.74) is -0.0111. The van der Waals surface area contributed by atoms with E-state index in [9.17, 15) is 19.3 Å². The zero-order valence-corrected chi connectivity index (χ0v) is 12.5. The summed E-state index contributed by atoms with van der Waals surface area (Å²) in [7, 11) is 0. The maximum absolute atomic E-state index is 13.5. The predicted octanol–water partition coefficient (Wildman–Crippen LogP) is 3.79. The molecule has 1 N–H and O–H groups in total. The quantitative estimate of drug-likeness (QED) is 0.641. The maximum Gasteiger partial charge on any atom is 0.269 e. The number of amides is 1. The number of hydrogen-bond acceptors (Lipinski definition) is 4. The molecule has 0 radical (unpaired) electrons. The van der Waals surface area contributed by atoms with E-state index in [1.807, 2.05) is 0 Å². The van der Waals surface area contributed by atoms with Crippen LogP contribution in [0.4, 0.5) is 15.8 Å². The summed E-state index contributed by atoms with van der Waals surface area (Å²) >= 11 is 5.62. The average molecular weight is 339 g/mol. The first-order valence-corrected chi connectivity index (χ1v) is 6.95. The molecule has 0 spiro atoms. The number of ether oxygens (including phenoxy) is 1. The molecule has 0 unspecified atom stereocenters. The third-order valence-electron chi connectivity index (χ3n) is 2.85. The number of carbonyl (C=O) groups excluding carboxylic acids is 1. The Kier molecular flexibility index (Phi) is 5.48. The number of benzene rings is 2. The van der Waals surface area contributed by atoms with Crippen LogP contribution in [0, 0.1) is 15.9 Å². The van der Waals surface area contributed by atoms with Gasteiger partial charge in [-0.15, -0.1) is 0 Å². The minimum absolute atomic E-state index is 0.000939. The molecule has 2 rings (SSSR count). The van der Waals surface area contributed by atoms with Gasteiger partial charge in [0.2, 0.25) is 5.91 Å². The number of nitrogens with zero attached hydrogens (tertiary/aromatic N) is 1. The Balaban J connectivity index is 1.81. The van der Waals surface area contributed by atoms with Crippen molar-refractivity contribution < 1.29 is 18.8 Å². The van der Waals surface area contributed by atoms with Gasteiger partial charge in [0.05, 0.1) is 23.6 Å². The van der Waals surface area contributed by atoms with Crippen LogP contribution in [0.3, 0.4) is 0 Å². The van der Waals surface area contributed by atoms with Gasteiger partial charge < -0.3 is 10.1 Å². The van der Waals surface area contributed by atoms with Crippen LogP contribution in [0.5, 0.6) is 5.75 Å². The molecule has 0 saturated heterocycles. The fourth-order valence-electron chi connectivity index (χ4n) is 1.73. The number of nitro benzene ring substituents is 1. The highest BCUT2D eigenvalue weighted by molar-refractivity contribution is 6.30. The van der Waals surface area contributed by atoms with E-state index in [1.165, 1.54) is 36.4 Å². The lowest BCUT2D eigenvalue weighted by Crippen LogP contribution is -2.16. The highest BCUT2D eigenvalue weighted by Crippen LogP contribution is 2.19. The predicted molar refractivity (Wildman–Crippen MR) is 83.2 cm³/mol. The van der Waals surface area contributed by atoms with Gasteiger partial charge in [-0.05, 0) is 30.3 Å². The molecule has 6 nitrogen and oxygen atoms in total. The largest absolute Gasteiger partial charge is 0.493 e. The van der Waals surface area contributed by atoms with Crippen LogP contribution in [-0.2, 0) is 4.79 Å². The Bertz CT molecular complexity index is 722. The van der Waals surface area contributed by atoms with Crippen molar-refractivity contribution in [3.63, 3.8) is 0 Å². The fraction of sp³-hybridized carbons (Fsp3) is 0.133. The number of nitrogens with one attached hydrogen (secondary N) is 1. The molecular weight excluding hydrogens is 327 g/mol. The number of nitro groups is 1. The number of carbonyl (C=O) groups is 1. The van der Waals surface area contributed by atoms with Crippen LogP contribution in [0.2, 0.25) is 5.02 Å². The van der Waals surface area contributed by atoms with E-state index in [-0.39, 0.29) is 29.4 Å². The van der Waals surface area contributed by atoms with Gasteiger partial charge in [0, 0.05) is 17.2 Å². The van der Waals surface area contributed by atoms with E-state index in [2.05, 4.69) is 5.32 Å². The number of hydrogen-bond donors (Lipinski definition) is 1. The first-order valence-electron chi connectivity index (χ1n) is 6.58. The number of non-ortho nitro benzene ring substituents is 1. The highest BCUT2D eigenvalue weighted by atomic mass is 35.5. The van der Waals surface area contributed by atoms with Gasteiger partial charge >= 0.3 is 0 Å². The van der Waals surface area contributed by atoms with Crippen molar-refractivity contribution in [3.8, 4) is 5.75 Å². The standard InChI is InChI=1S/C15H12ClFN2O4/c16-10-1-6-14(13(17)9-10)18-15(20)7-8-23-12-4-2-11(3-5-12)19(21)22/h1-6,9H,7-8H2,(H,18,20). The second kappa shape index (κ2) is 7.55. The summed E-state index contributed by atoms with van der Waals surface area (Å²) < 4.78 is 18.8. The van der Waals surface area contributed by atoms with E-state index in [0.717, 1.165) is 6.07 Å². The van der Waals surface area contributed by atoms with Crippen LogP contribution in [0.25, 0.3) is 0 Å². The van der Waals surface area contributed by atoms with Gasteiger partial charge in [-0.1, -0.05) is 11.6 Å². The SMILES string of the molecule is O=C(CCOc1ccc([N+](=O)[O-])cc1)Nc1ccc(Cl)cc1F. The van der Waals surface area contributed by atoms with Crippen molar-refractivity contribution in [1.82, 2.24) is 0 Å². The molecule has 0 saturated carbocycles. The summed E-state index contributed by atoms with van der Waals surface area (Å²) in [4.78, 5) is 21.7. The first kappa shape index (κ1) is 16.7. The van der Waals surface area contributed by atoms with Crippen molar-refractivity contribution in [2.75, 3.05) is 11.9 Å². The zero-order valence-electron chi connectivity index (χ0n) is 11.8. The second-order valence-electron chi connectivity index (χ2n) is 4.52. The number of halogens is 2. The smallest absolute Gasteiger partial charge is 0.269 e. The lowest BCUT2D eigenvalue weighted by molar-refractivity contribution is -0.384. The van der Waals surface area contributed by atoms with E-state index in [4.69, 9.17) is 16.3 Å². The van der Waals surface area contributed by atoms with Crippen molar-refractivity contribution in [2.45, 2.75) is 6.42 Å². The van der Waals surface area contributed by atoms with Crippen LogP contribution in [0.15, 0.2) is 42.5 Å². The normalized spacial score (nSPS) is 10.2. The van der Waals surface area contributed by atoms with Crippen molar-refractivity contribution in [1.29, 1.82) is 0 Å². The highest BCUT2D eigenvalue weighted by Gasteiger charge is 2.08. The molecule has 1 amide bonds. The van der Waals surface area contributed by atoms with Gasteiger partial charge in [-0.25, -0.2) is 4.39 Å². The first-order chi connectivity index (χ1) is 11.0. The third kappa shape index (κ3) is 4.93. The summed E-state index contributed by atoms with van der Waals surface area (Å²) in [5.74, 6) is -0.642. The van der Waals surface area contributed by atoms with Gasteiger partial charge in [0.15, 0.2) is 0 Å². The second-order valence-corrected chi connectivity index (χ2v) is 4.96. The third-order valence-corrected chi connectivity index (χ3v) is 3.09. The molecule has 23 heavy (non-hydrogen) atoms. The lowest BCUT2D eigenvalue weighted by atomic mass is 10.3. The molecular formula is C15H12ClFN2O4. The minimum atomic E-state index is -0.623. The molecule has 0 fully saturated rings. The topological polar surface area (TPSA) is 81.5 Å². The molecule has 2 aromatic rings. The van der Waals surface area contributed by atoms with Gasteiger partial charge in [0.1, 0.15) is 11.6 Å². The molecule has 8 heteroatoms. The van der Waals surface area contributed by atoms with E-state index < -0.39 is 16.6 Å². The van der Waals surface area contributed by atoms with Crippen LogP contribution >= 0.6 is 11.6 Å². The summed E-state index contributed by atoms with van der Waals surface area (Å²) in [6.45, 7) is 0.0544. The Morgan fingerprint density at radius 2 is 1.96 bits per heavy atom. The van der Waals surface area contributed by atoms with Crippen LogP contribution in [0.1, 0.15) is 6.42 Å². The minimum Gasteiger partial charge on any atom is -0.493 e. The summed E-state index contributed by atoms with van der Waals surface area (Å²) in [5, 5.41) is 13.2. The zero-order chi connectivity index (χ0) is 16.8. The summed E-state index contributed by atoms with van der Waals surface area (Å²) in [6.07, 6.45) is -0.000939. The Morgan fingerprint density at radius 3 is 2.57 bits per heavy atom. The van der Waals surface area contributed by atoms with Gasteiger partial charge in [0.25, 0.3) is 5.69 Å². The fourth-order valence-corrected chi connectivity index (χ4v) is 1.89. The molecule has 0 atom stereocenters. The molecule has 0 bridgehead atoms. The van der Waals surface area contributed by atoms with Gasteiger partial charge in [-0.2, -0.15) is 0 Å². The lowest BCUT2D eigenvalue weighted by Gasteiger charge is -2.08. The molecule has 0 heterocycles. The van der Waals surface area contributed by atoms with E-state index in [1.54, 1.807) is 0 Å². The van der Waals surface area contributed by atoms with Crippen LogP contribution in [-0.4, -0.2) is 17.4 Å². The molecule has 0 aromatic heterocycles.